The fourth-order valence-electron chi connectivity index (χ4n) is 4.08. The van der Waals surface area contributed by atoms with Gasteiger partial charge in [0.25, 0.3) is 0 Å². The van der Waals surface area contributed by atoms with Gasteiger partial charge in [-0.3, -0.25) is 14.8 Å². The van der Waals surface area contributed by atoms with Crippen molar-refractivity contribution in [2.75, 3.05) is 37.7 Å². The molecule has 0 aliphatic carbocycles. The molecule has 1 amide bonds. The van der Waals surface area contributed by atoms with E-state index in [9.17, 15) is 9.90 Å². The normalized spacial score (nSPS) is 14.8. The molecule has 4 rings (SSSR count). The average Bonchev–Trinajstić information content (AvgIpc) is 2.78. The van der Waals surface area contributed by atoms with Crippen LogP contribution in [0.1, 0.15) is 19.5 Å². The third kappa shape index (κ3) is 4.86. The van der Waals surface area contributed by atoms with Crippen LogP contribution in [0.5, 0.6) is 0 Å². The Morgan fingerprint density at radius 1 is 1.10 bits per heavy atom. The molecule has 0 atom stereocenters. The molecule has 162 valence electrons. The number of ether oxygens (including phenoxy) is 1. The second-order valence-corrected chi connectivity index (χ2v) is 8.39. The Bertz CT molecular complexity index is 1040. The fraction of sp³-hybridized carbons (Fsp3) is 0.360. The van der Waals surface area contributed by atoms with E-state index in [1.54, 1.807) is 0 Å². The highest BCUT2D eigenvalue weighted by atomic mass is 16.5. The summed E-state index contributed by atoms with van der Waals surface area (Å²) < 4.78 is 5.42. The van der Waals surface area contributed by atoms with Crippen molar-refractivity contribution in [1.82, 2.24) is 9.88 Å². The summed E-state index contributed by atoms with van der Waals surface area (Å²) in [7, 11) is 0. The highest BCUT2D eigenvalue weighted by molar-refractivity contribution is 6.07. The van der Waals surface area contributed by atoms with E-state index < -0.39 is 6.09 Å². The van der Waals surface area contributed by atoms with Crippen molar-refractivity contribution in [1.29, 1.82) is 0 Å². The molecule has 6 heteroatoms. The van der Waals surface area contributed by atoms with Gasteiger partial charge in [0.15, 0.2) is 0 Å². The van der Waals surface area contributed by atoms with E-state index >= 15 is 0 Å². The third-order valence-electron chi connectivity index (χ3n) is 5.60. The molecule has 1 aliphatic rings. The van der Waals surface area contributed by atoms with Crippen LogP contribution in [0.2, 0.25) is 0 Å². The molecule has 1 aromatic heterocycles. The standard InChI is InChI=1S/C25H29N3O3/c1-18(2)16-28(25(29)30)24-10-9-21(22-5-3-4-6-23(22)24)19-7-8-20(26-15-19)17-27-11-13-31-14-12-27/h3-10,15,18H,11-14,16-17H2,1-2H3,(H,29,30). The van der Waals surface area contributed by atoms with Gasteiger partial charge in [-0.25, -0.2) is 4.79 Å². The molecule has 31 heavy (non-hydrogen) atoms. The van der Waals surface area contributed by atoms with Gasteiger partial charge in [-0.1, -0.05) is 50.2 Å². The van der Waals surface area contributed by atoms with Crippen LogP contribution in [-0.4, -0.2) is 53.9 Å². The molecule has 1 saturated heterocycles. The maximum atomic E-state index is 11.9. The van der Waals surface area contributed by atoms with Crippen molar-refractivity contribution < 1.29 is 14.6 Å². The van der Waals surface area contributed by atoms with Crippen LogP contribution in [0.25, 0.3) is 21.9 Å². The van der Waals surface area contributed by atoms with E-state index in [2.05, 4.69) is 17.0 Å². The average molecular weight is 420 g/mol. The molecule has 1 fully saturated rings. The van der Waals surface area contributed by atoms with E-state index in [0.717, 1.165) is 66.1 Å². The first-order chi connectivity index (χ1) is 15.0. The minimum absolute atomic E-state index is 0.234. The van der Waals surface area contributed by atoms with Gasteiger partial charge >= 0.3 is 6.09 Å². The molecule has 1 aliphatic heterocycles. The van der Waals surface area contributed by atoms with Gasteiger partial charge in [-0.2, -0.15) is 0 Å². The second kappa shape index (κ2) is 9.45. The number of carbonyl (C=O) groups is 1. The Morgan fingerprint density at radius 2 is 1.84 bits per heavy atom. The molecule has 3 aromatic rings. The van der Waals surface area contributed by atoms with Crippen LogP contribution in [0.15, 0.2) is 54.7 Å². The summed E-state index contributed by atoms with van der Waals surface area (Å²) in [6.07, 6.45) is 0.987. The van der Waals surface area contributed by atoms with Crippen molar-refractivity contribution in [2.45, 2.75) is 20.4 Å². The van der Waals surface area contributed by atoms with Crippen LogP contribution < -0.4 is 4.90 Å². The number of amides is 1. The summed E-state index contributed by atoms with van der Waals surface area (Å²) in [5.74, 6) is 0.234. The van der Waals surface area contributed by atoms with E-state index in [1.165, 1.54) is 4.90 Å². The predicted octanol–water partition coefficient (Wildman–Crippen LogP) is 4.87. The lowest BCUT2D eigenvalue weighted by Crippen LogP contribution is -2.35. The first-order valence-electron chi connectivity index (χ1n) is 10.8. The molecular weight excluding hydrogens is 390 g/mol. The van der Waals surface area contributed by atoms with E-state index in [-0.39, 0.29) is 5.92 Å². The number of rotatable bonds is 6. The van der Waals surface area contributed by atoms with Crippen LogP contribution in [0.4, 0.5) is 10.5 Å². The van der Waals surface area contributed by atoms with Gasteiger partial charge in [-0.05, 0) is 29.0 Å². The van der Waals surface area contributed by atoms with Gasteiger partial charge in [-0.15, -0.1) is 0 Å². The number of anilines is 1. The molecule has 0 bridgehead atoms. The number of morpholine rings is 1. The van der Waals surface area contributed by atoms with E-state index in [4.69, 9.17) is 9.72 Å². The van der Waals surface area contributed by atoms with Crippen molar-refractivity contribution in [3.05, 3.63) is 60.4 Å². The largest absolute Gasteiger partial charge is 0.465 e. The molecule has 0 spiro atoms. The molecule has 6 nitrogen and oxygen atoms in total. The van der Waals surface area contributed by atoms with Crippen molar-refractivity contribution in [2.24, 2.45) is 5.92 Å². The summed E-state index contributed by atoms with van der Waals surface area (Å²) in [5.41, 5.74) is 3.84. The second-order valence-electron chi connectivity index (χ2n) is 8.39. The molecule has 2 heterocycles. The topological polar surface area (TPSA) is 65.9 Å². The summed E-state index contributed by atoms with van der Waals surface area (Å²) in [5, 5.41) is 11.7. The van der Waals surface area contributed by atoms with Crippen LogP contribution in [-0.2, 0) is 11.3 Å². The van der Waals surface area contributed by atoms with Gasteiger partial charge < -0.3 is 9.84 Å². The lowest BCUT2D eigenvalue weighted by Gasteiger charge is -2.26. The number of hydrogen-bond donors (Lipinski definition) is 1. The van der Waals surface area contributed by atoms with Crippen LogP contribution in [0, 0.1) is 5.92 Å². The van der Waals surface area contributed by atoms with Crippen molar-refractivity contribution in [3.8, 4) is 11.1 Å². The summed E-state index contributed by atoms with van der Waals surface area (Å²) in [4.78, 5) is 20.4. The summed E-state index contributed by atoms with van der Waals surface area (Å²) in [6.45, 7) is 8.76. The first-order valence-corrected chi connectivity index (χ1v) is 10.8. The van der Waals surface area contributed by atoms with Gasteiger partial charge in [0.1, 0.15) is 0 Å². The minimum Gasteiger partial charge on any atom is -0.465 e. The van der Waals surface area contributed by atoms with Gasteiger partial charge in [0, 0.05) is 43.3 Å². The zero-order valence-corrected chi connectivity index (χ0v) is 18.1. The monoisotopic (exact) mass is 419 g/mol. The fourth-order valence-corrected chi connectivity index (χ4v) is 4.08. The van der Waals surface area contributed by atoms with Gasteiger partial charge in [0.2, 0.25) is 0 Å². The number of nitrogens with zero attached hydrogens (tertiary/aromatic N) is 3. The Hall–Kier alpha value is -2.96. The third-order valence-corrected chi connectivity index (χ3v) is 5.60. The minimum atomic E-state index is -0.930. The highest BCUT2D eigenvalue weighted by Crippen LogP contribution is 2.35. The molecule has 2 aromatic carbocycles. The predicted molar refractivity (Wildman–Crippen MR) is 123 cm³/mol. The number of aromatic nitrogens is 1. The lowest BCUT2D eigenvalue weighted by molar-refractivity contribution is 0.0336. The number of benzene rings is 2. The smallest absolute Gasteiger partial charge is 0.411 e. The Morgan fingerprint density at radius 3 is 2.48 bits per heavy atom. The molecule has 0 radical (unpaired) electrons. The maximum absolute atomic E-state index is 11.9. The Kier molecular flexibility index (Phi) is 6.49. The number of carboxylic acid groups (broad SMARTS) is 1. The zero-order valence-electron chi connectivity index (χ0n) is 18.1. The van der Waals surface area contributed by atoms with Crippen LogP contribution in [0.3, 0.4) is 0 Å². The van der Waals surface area contributed by atoms with Crippen molar-refractivity contribution in [3.63, 3.8) is 0 Å². The van der Waals surface area contributed by atoms with Crippen LogP contribution >= 0.6 is 0 Å². The number of pyridine rings is 1. The summed E-state index contributed by atoms with van der Waals surface area (Å²) in [6, 6.07) is 16.1. The SMILES string of the molecule is CC(C)CN(C(=O)O)c1ccc(-c2ccc(CN3CCOCC3)nc2)c2ccccc12. The van der Waals surface area contributed by atoms with E-state index in [1.807, 2.05) is 56.4 Å². The quantitative estimate of drug-likeness (QED) is 0.617. The Labute approximate surface area is 183 Å². The molecule has 0 unspecified atom stereocenters. The van der Waals surface area contributed by atoms with Crippen molar-refractivity contribution >= 4 is 22.6 Å². The number of fused-ring (bicyclic) bond motifs is 1. The molecule has 0 saturated carbocycles. The summed E-state index contributed by atoms with van der Waals surface area (Å²) >= 11 is 0. The zero-order chi connectivity index (χ0) is 21.8. The highest BCUT2D eigenvalue weighted by Gasteiger charge is 2.19. The van der Waals surface area contributed by atoms with Gasteiger partial charge in [0.05, 0.1) is 24.6 Å². The molecular formula is C25H29N3O3. The molecule has 1 N–H and O–H groups in total. The lowest BCUT2D eigenvalue weighted by atomic mass is 9.97. The number of hydrogen-bond acceptors (Lipinski definition) is 4. The maximum Gasteiger partial charge on any atom is 0.411 e. The Balaban J connectivity index is 1.66. The van der Waals surface area contributed by atoms with E-state index in [0.29, 0.717) is 6.54 Å². The first kappa shape index (κ1) is 21.3.